The zero-order valence-corrected chi connectivity index (χ0v) is 14.5. The van der Waals surface area contributed by atoms with Gasteiger partial charge in [0.1, 0.15) is 5.82 Å². The van der Waals surface area contributed by atoms with Crippen LogP contribution in [0.4, 0.5) is 5.82 Å². The molecule has 0 spiro atoms. The maximum Gasteiger partial charge on any atom is 0.128 e. The van der Waals surface area contributed by atoms with E-state index >= 15 is 0 Å². The van der Waals surface area contributed by atoms with Gasteiger partial charge in [0.15, 0.2) is 0 Å². The predicted molar refractivity (Wildman–Crippen MR) is 91.0 cm³/mol. The van der Waals surface area contributed by atoms with Gasteiger partial charge in [0.25, 0.3) is 0 Å². The van der Waals surface area contributed by atoms with E-state index in [2.05, 4.69) is 49.1 Å². The van der Waals surface area contributed by atoms with Crippen LogP contribution in [0.25, 0.3) is 0 Å². The van der Waals surface area contributed by atoms with Crippen molar-refractivity contribution in [3.05, 3.63) is 22.8 Å². The van der Waals surface area contributed by atoms with Crippen LogP contribution in [0.5, 0.6) is 0 Å². The van der Waals surface area contributed by atoms with Crippen molar-refractivity contribution in [2.45, 2.75) is 65.1 Å². The number of anilines is 1. The van der Waals surface area contributed by atoms with Crippen LogP contribution in [0, 0.1) is 5.92 Å². The minimum absolute atomic E-state index is 0.454. The SMILES string of the molecule is CC1CCC(N(C)c2cc(CNC(C)C)c(Cl)cn2)CC1. The predicted octanol–water partition coefficient (Wildman–Crippen LogP) is 4.25. The molecule has 0 unspecified atom stereocenters. The standard InChI is InChI=1S/C17H28ClN3/c1-12(2)19-10-14-9-17(20-11-16(14)18)21(4)15-7-5-13(3)6-8-15/h9,11-13,15,19H,5-8,10H2,1-4H3. The van der Waals surface area contributed by atoms with Crippen molar-refractivity contribution in [1.82, 2.24) is 10.3 Å². The number of hydrogen-bond acceptors (Lipinski definition) is 3. The van der Waals surface area contributed by atoms with Gasteiger partial charge in [-0.25, -0.2) is 4.98 Å². The van der Waals surface area contributed by atoms with Crippen LogP contribution in [0.3, 0.4) is 0 Å². The lowest BCUT2D eigenvalue weighted by molar-refractivity contribution is 0.340. The van der Waals surface area contributed by atoms with Crippen LogP contribution in [-0.4, -0.2) is 24.1 Å². The Bertz CT molecular complexity index is 453. The summed E-state index contributed by atoms with van der Waals surface area (Å²) in [4.78, 5) is 6.86. The maximum atomic E-state index is 6.27. The van der Waals surface area contributed by atoms with E-state index in [1.807, 2.05) is 0 Å². The van der Waals surface area contributed by atoms with E-state index in [1.165, 1.54) is 25.7 Å². The van der Waals surface area contributed by atoms with Crippen LogP contribution in [-0.2, 0) is 6.54 Å². The Balaban J connectivity index is 2.06. The second-order valence-corrected chi connectivity index (χ2v) is 7.10. The molecule has 3 nitrogen and oxygen atoms in total. The summed E-state index contributed by atoms with van der Waals surface area (Å²) < 4.78 is 0. The molecule has 4 heteroatoms. The zero-order chi connectivity index (χ0) is 15.4. The average Bonchev–Trinajstić information content (AvgIpc) is 2.46. The number of pyridine rings is 1. The lowest BCUT2D eigenvalue weighted by atomic mass is 9.87. The van der Waals surface area contributed by atoms with Gasteiger partial charge in [0, 0.05) is 31.9 Å². The van der Waals surface area contributed by atoms with Crippen LogP contribution < -0.4 is 10.2 Å². The maximum absolute atomic E-state index is 6.27. The van der Waals surface area contributed by atoms with E-state index in [4.69, 9.17) is 11.6 Å². The average molecular weight is 310 g/mol. The summed E-state index contributed by atoms with van der Waals surface area (Å²) in [6.45, 7) is 7.44. The summed E-state index contributed by atoms with van der Waals surface area (Å²) in [5, 5.41) is 4.17. The molecule has 118 valence electrons. The largest absolute Gasteiger partial charge is 0.357 e. The molecule has 21 heavy (non-hydrogen) atoms. The van der Waals surface area contributed by atoms with E-state index in [0.717, 1.165) is 28.9 Å². The van der Waals surface area contributed by atoms with Crippen molar-refractivity contribution < 1.29 is 0 Å². The molecule has 0 aliphatic heterocycles. The highest BCUT2D eigenvalue weighted by Gasteiger charge is 2.22. The van der Waals surface area contributed by atoms with E-state index in [1.54, 1.807) is 6.20 Å². The number of hydrogen-bond donors (Lipinski definition) is 1. The third-order valence-corrected chi connectivity index (χ3v) is 4.86. The van der Waals surface area contributed by atoms with Crippen molar-refractivity contribution in [3.8, 4) is 0 Å². The van der Waals surface area contributed by atoms with Gasteiger partial charge in [-0.1, -0.05) is 32.4 Å². The minimum Gasteiger partial charge on any atom is -0.357 e. The summed E-state index contributed by atoms with van der Waals surface area (Å²) in [7, 11) is 2.16. The fourth-order valence-electron chi connectivity index (χ4n) is 2.93. The summed E-state index contributed by atoms with van der Waals surface area (Å²) >= 11 is 6.27. The molecule has 1 heterocycles. The highest BCUT2D eigenvalue weighted by molar-refractivity contribution is 6.31. The fraction of sp³-hybridized carbons (Fsp3) is 0.706. The van der Waals surface area contributed by atoms with Gasteiger partial charge < -0.3 is 10.2 Å². The van der Waals surface area contributed by atoms with E-state index < -0.39 is 0 Å². The molecule has 1 fully saturated rings. The van der Waals surface area contributed by atoms with Gasteiger partial charge in [-0.3, -0.25) is 0 Å². The molecule has 2 rings (SSSR count). The normalized spacial score (nSPS) is 22.6. The third kappa shape index (κ3) is 4.58. The Hall–Kier alpha value is -0.800. The van der Waals surface area contributed by atoms with Gasteiger partial charge in [0.2, 0.25) is 0 Å². The van der Waals surface area contributed by atoms with Gasteiger partial charge in [-0.05, 0) is 43.2 Å². The van der Waals surface area contributed by atoms with Gasteiger partial charge in [-0.15, -0.1) is 0 Å². The summed E-state index contributed by atoms with van der Waals surface area (Å²) in [5.41, 5.74) is 1.13. The fourth-order valence-corrected chi connectivity index (χ4v) is 3.10. The van der Waals surface area contributed by atoms with Crippen LogP contribution in [0.2, 0.25) is 5.02 Å². The Labute approximate surface area is 134 Å². The second-order valence-electron chi connectivity index (χ2n) is 6.69. The van der Waals surface area contributed by atoms with Crippen LogP contribution in [0.1, 0.15) is 52.0 Å². The van der Waals surface area contributed by atoms with E-state index in [0.29, 0.717) is 12.1 Å². The zero-order valence-electron chi connectivity index (χ0n) is 13.7. The Morgan fingerprint density at radius 2 is 2.00 bits per heavy atom. The molecule has 1 aliphatic carbocycles. The number of aromatic nitrogens is 1. The molecule has 0 bridgehead atoms. The number of rotatable bonds is 5. The summed E-state index contributed by atoms with van der Waals surface area (Å²) in [6, 6.07) is 3.20. The first-order chi connectivity index (χ1) is 9.97. The van der Waals surface area contributed by atoms with Crippen molar-refractivity contribution in [1.29, 1.82) is 0 Å². The second kappa shape index (κ2) is 7.46. The molecule has 1 aromatic rings. The molecule has 1 saturated carbocycles. The number of halogens is 1. The quantitative estimate of drug-likeness (QED) is 0.881. The Morgan fingerprint density at radius 1 is 1.33 bits per heavy atom. The van der Waals surface area contributed by atoms with Crippen molar-refractivity contribution in [2.24, 2.45) is 5.92 Å². The molecule has 1 N–H and O–H groups in total. The smallest absolute Gasteiger partial charge is 0.128 e. The monoisotopic (exact) mass is 309 g/mol. The van der Waals surface area contributed by atoms with Crippen LogP contribution >= 0.6 is 11.6 Å². The molecule has 0 saturated heterocycles. The molecule has 0 radical (unpaired) electrons. The van der Waals surface area contributed by atoms with Gasteiger partial charge >= 0.3 is 0 Å². The molecule has 0 aromatic carbocycles. The third-order valence-electron chi connectivity index (χ3n) is 4.52. The molecule has 1 aliphatic rings. The molecule has 1 aromatic heterocycles. The van der Waals surface area contributed by atoms with Crippen molar-refractivity contribution in [2.75, 3.05) is 11.9 Å². The molecule has 0 atom stereocenters. The van der Waals surface area contributed by atoms with Crippen LogP contribution in [0.15, 0.2) is 12.3 Å². The summed E-state index contributed by atoms with van der Waals surface area (Å²) in [6.07, 6.45) is 6.97. The highest BCUT2D eigenvalue weighted by Crippen LogP contribution is 2.29. The first-order valence-electron chi connectivity index (χ1n) is 8.08. The Kier molecular flexibility index (Phi) is 5.88. The molecular weight excluding hydrogens is 282 g/mol. The van der Waals surface area contributed by atoms with Crippen molar-refractivity contribution in [3.63, 3.8) is 0 Å². The Morgan fingerprint density at radius 3 is 2.62 bits per heavy atom. The van der Waals surface area contributed by atoms with Gasteiger partial charge in [-0.2, -0.15) is 0 Å². The first-order valence-corrected chi connectivity index (χ1v) is 8.45. The van der Waals surface area contributed by atoms with E-state index in [9.17, 15) is 0 Å². The number of nitrogens with zero attached hydrogens (tertiary/aromatic N) is 2. The minimum atomic E-state index is 0.454. The lowest BCUT2D eigenvalue weighted by Crippen LogP contribution is -2.35. The molecule has 0 amide bonds. The van der Waals surface area contributed by atoms with E-state index in [-0.39, 0.29) is 0 Å². The first kappa shape index (κ1) is 16.6. The highest BCUT2D eigenvalue weighted by atomic mass is 35.5. The number of nitrogens with one attached hydrogen (secondary N) is 1. The summed E-state index contributed by atoms with van der Waals surface area (Å²) in [5.74, 6) is 1.91. The lowest BCUT2D eigenvalue weighted by Gasteiger charge is -2.34. The van der Waals surface area contributed by atoms with Gasteiger partial charge in [0.05, 0.1) is 5.02 Å². The van der Waals surface area contributed by atoms with Crippen molar-refractivity contribution >= 4 is 17.4 Å². The topological polar surface area (TPSA) is 28.2 Å². The molecular formula is C17H28ClN3.